The first kappa shape index (κ1) is 13.6. The van der Waals surface area contributed by atoms with Crippen LogP contribution in [0.1, 0.15) is 30.5 Å². The van der Waals surface area contributed by atoms with Crippen LogP contribution in [0.4, 0.5) is 0 Å². The van der Waals surface area contributed by atoms with Crippen LogP contribution >= 0.6 is 0 Å². The fourth-order valence-corrected chi connectivity index (χ4v) is 2.23. The summed E-state index contributed by atoms with van der Waals surface area (Å²) in [5.74, 6) is 0.887. The molecule has 0 saturated heterocycles. The molecule has 0 saturated carbocycles. The van der Waals surface area contributed by atoms with E-state index < -0.39 is 0 Å². The second-order valence-electron chi connectivity index (χ2n) is 5.25. The number of methoxy groups -OCH3 is 1. The Morgan fingerprint density at radius 3 is 1.79 bits per heavy atom. The summed E-state index contributed by atoms with van der Waals surface area (Å²) in [5, 5.41) is 0. The first-order chi connectivity index (χ1) is 9.07. The molecule has 19 heavy (non-hydrogen) atoms. The highest BCUT2D eigenvalue weighted by Crippen LogP contribution is 2.32. The lowest BCUT2D eigenvalue weighted by Crippen LogP contribution is -2.18. The van der Waals surface area contributed by atoms with Crippen molar-refractivity contribution in [3.05, 3.63) is 65.2 Å². The van der Waals surface area contributed by atoms with E-state index >= 15 is 0 Å². The zero-order valence-corrected chi connectivity index (χ0v) is 11.8. The molecule has 0 aromatic heterocycles. The van der Waals surface area contributed by atoms with Crippen molar-refractivity contribution in [2.75, 3.05) is 7.11 Å². The number of hydrogen-bond acceptors (Lipinski definition) is 2. The first-order valence-electron chi connectivity index (χ1n) is 6.52. The van der Waals surface area contributed by atoms with Gasteiger partial charge in [0.15, 0.2) is 0 Å². The van der Waals surface area contributed by atoms with Crippen LogP contribution in [0.5, 0.6) is 5.75 Å². The molecular formula is C17H21NO. The average Bonchev–Trinajstić information content (AvgIpc) is 2.47. The van der Waals surface area contributed by atoms with Gasteiger partial charge in [-0.3, -0.25) is 0 Å². The van der Waals surface area contributed by atoms with Crippen molar-refractivity contribution in [1.82, 2.24) is 0 Å². The standard InChI is InChI=1S/C17H21NO/c1-17(2,14-6-4-13(12-18)5-7-14)15-8-10-16(19-3)11-9-15/h4-11H,12,18H2,1-3H3. The van der Waals surface area contributed by atoms with Crippen molar-refractivity contribution in [3.63, 3.8) is 0 Å². The fourth-order valence-electron chi connectivity index (χ4n) is 2.23. The summed E-state index contributed by atoms with van der Waals surface area (Å²) >= 11 is 0. The van der Waals surface area contributed by atoms with Crippen molar-refractivity contribution in [2.45, 2.75) is 25.8 Å². The second-order valence-corrected chi connectivity index (χ2v) is 5.25. The van der Waals surface area contributed by atoms with Gasteiger partial charge in [-0.2, -0.15) is 0 Å². The molecule has 2 aromatic carbocycles. The fraction of sp³-hybridized carbons (Fsp3) is 0.294. The maximum absolute atomic E-state index is 5.64. The highest BCUT2D eigenvalue weighted by molar-refractivity contribution is 5.40. The summed E-state index contributed by atoms with van der Waals surface area (Å²) in [6.07, 6.45) is 0. The summed E-state index contributed by atoms with van der Waals surface area (Å²) in [6, 6.07) is 16.8. The Labute approximate surface area is 115 Å². The third-order valence-corrected chi connectivity index (χ3v) is 3.72. The molecule has 0 aliphatic heterocycles. The van der Waals surface area contributed by atoms with E-state index in [0.717, 1.165) is 11.3 Å². The SMILES string of the molecule is COc1ccc(C(C)(C)c2ccc(CN)cc2)cc1. The van der Waals surface area contributed by atoms with Crippen molar-refractivity contribution in [3.8, 4) is 5.75 Å². The Bertz CT molecular complexity index is 477. The number of rotatable bonds is 4. The summed E-state index contributed by atoms with van der Waals surface area (Å²) in [6.45, 7) is 5.04. The lowest BCUT2D eigenvalue weighted by molar-refractivity contribution is 0.414. The van der Waals surface area contributed by atoms with E-state index in [1.807, 2.05) is 12.1 Å². The maximum Gasteiger partial charge on any atom is 0.118 e. The molecule has 2 rings (SSSR count). The van der Waals surface area contributed by atoms with E-state index in [0.29, 0.717) is 6.54 Å². The minimum atomic E-state index is -0.0284. The normalized spacial score (nSPS) is 11.4. The van der Waals surface area contributed by atoms with E-state index in [9.17, 15) is 0 Å². The Hall–Kier alpha value is -1.80. The molecule has 2 N–H and O–H groups in total. The highest BCUT2D eigenvalue weighted by atomic mass is 16.5. The van der Waals surface area contributed by atoms with Gasteiger partial charge in [0.25, 0.3) is 0 Å². The minimum absolute atomic E-state index is 0.0284. The molecule has 0 radical (unpaired) electrons. The molecule has 2 nitrogen and oxygen atoms in total. The van der Waals surface area contributed by atoms with E-state index in [-0.39, 0.29) is 5.41 Å². The molecule has 0 atom stereocenters. The molecule has 0 spiro atoms. The van der Waals surface area contributed by atoms with Gasteiger partial charge < -0.3 is 10.5 Å². The number of nitrogens with two attached hydrogens (primary N) is 1. The summed E-state index contributed by atoms with van der Waals surface area (Å²) in [5.41, 5.74) is 9.33. The van der Waals surface area contributed by atoms with Gasteiger partial charge in [-0.15, -0.1) is 0 Å². The van der Waals surface area contributed by atoms with E-state index in [1.54, 1.807) is 7.11 Å². The monoisotopic (exact) mass is 255 g/mol. The van der Waals surface area contributed by atoms with Crippen LogP contribution < -0.4 is 10.5 Å². The van der Waals surface area contributed by atoms with Gasteiger partial charge in [-0.1, -0.05) is 50.2 Å². The average molecular weight is 255 g/mol. The van der Waals surface area contributed by atoms with Crippen LogP contribution in [0, 0.1) is 0 Å². The Balaban J connectivity index is 2.33. The molecule has 0 unspecified atom stereocenters. The Morgan fingerprint density at radius 2 is 1.37 bits per heavy atom. The predicted molar refractivity (Wildman–Crippen MR) is 79.5 cm³/mol. The molecule has 0 bridgehead atoms. The predicted octanol–water partition coefficient (Wildman–Crippen LogP) is 3.48. The van der Waals surface area contributed by atoms with Crippen LogP contribution in [0.3, 0.4) is 0 Å². The molecule has 0 amide bonds. The Kier molecular flexibility index (Phi) is 3.91. The third-order valence-electron chi connectivity index (χ3n) is 3.72. The number of hydrogen-bond donors (Lipinski definition) is 1. The smallest absolute Gasteiger partial charge is 0.118 e. The lowest BCUT2D eigenvalue weighted by Gasteiger charge is -2.26. The highest BCUT2D eigenvalue weighted by Gasteiger charge is 2.22. The first-order valence-corrected chi connectivity index (χ1v) is 6.52. The summed E-state index contributed by atoms with van der Waals surface area (Å²) < 4.78 is 5.20. The van der Waals surface area contributed by atoms with Gasteiger partial charge in [0, 0.05) is 12.0 Å². The minimum Gasteiger partial charge on any atom is -0.497 e. The van der Waals surface area contributed by atoms with Crippen molar-refractivity contribution in [2.24, 2.45) is 5.73 Å². The lowest BCUT2D eigenvalue weighted by atomic mass is 9.78. The number of benzene rings is 2. The zero-order chi connectivity index (χ0) is 13.9. The van der Waals surface area contributed by atoms with Gasteiger partial charge in [0.05, 0.1) is 7.11 Å². The third kappa shape index (κ3) is 2.79. The topological polar surface area (TPSA) is 35.2 Å². The molecule has 0 fully saturated rings. The number of ether oxygens (including phenoxy) is 1. The van der Waals surface area contributed by atoms with E-state index in [4.69, 9.17) is 10.5 Å². The van der Waals surface area contributed by atoms with Crippen LogP contribution in [0.25, 0.3) is 0 Å². The van der Waals surface area contributed by atoms with Gasteiger partial charge >= 0.3 is 0 Å². The van der Waals surface area contributed by atoms with Crippen LogP contribution in [0.2, 0.25) is 0 Å². The molecular weight excluding hydrogens is 234 g/mol. The Morgan fingerprint density at radius 1 is 0.895 bits per heavy atom. The molecule has 2 heteroatoms. The molecule has 0 aliphatic carbocycles. The maximum atomic E-state index is 5.64. The van der Waals surface area contributed by atoms with Crippen molar-refractivity contribution in [1.29, 1.82) is 0 Å². The largest absolute Gasteiger partial charge is 0.497 e. The summed E-state index contributed by atoms with van der Waals surface area (Å²) in [7, 11) is 1.69. The van der Waals surface area contributed by atoms with Crippen LogP contribution in [-0.2, 0) is 12.0 Å². The molecule has 100 valence electrons. The molecule has 0 heterocycles. The molecule has 2 aromatic rings. The van der Waals surface area contributed by atoms with E-state index in [1.165, 1.54) is 11.1 Å². The van der Waals surface area contributed by atoms with Crippen LogP contribution in [-0.4, -0.2) is 7.11 Å². The quantitative estimate of drug-likeness (QED) is 0.907. The van der Waals surface area contributed by atoms with Crippen LogP contribution in [0.15, 0.2) is 48.5 Å². The van der Waals surface area contributed by atoms with Crippen molar-refractivity contribution >= 4 is 0 Å². The van der Waals surface area contributed by atoms with E-state index in [2.05, 4.69) is 50.2 Å². The van der Waals surface area contributed by atoms with Crippen molar-refractivity contribution < 1.29 is 4.74 Å². The second kappa shape index (κ2) is 5.45. The van der Waals surface area contributed by atoms with Gasteiger partial charge in [-0.05, 0) is 28.8 Å². The zero-order valence-electron chi connectivity index (χ0n) is 11.8. The molecule has 0 aliphatic rings. The summed E-state index contributed by atoms with van der Waals surface area (Å²) in [4.78, 5) is 0. The van der Waals surface area contributed by atoms with Gasteiger partial charge in [-0.25, -0.2) is 0 Å². The van der Waals surface area contributed by atoms with Gasteiger partial charge in [0.2, 0.25) is 0 Å². The van der Waals surface area contributed by atoms with Gasteiger partial charge in [0.1, 0.15) is 5.75 Å².